The van der Waals surface area contributed by atoms with E-state index in [1.165, 1.54) is 38.8 Å². The molecule has 1 aliphatic heterocycles. The molecule has 122 valence electrons. The zero-order valence-electron chi connectivity index (χ0n) is 13.3. The second-order valence-electron chi connectivity index (χ2n) is 6.67. The maximum atomic E-state index is 6.23. The minimum Gasteiger partial charge on any atom is -0.460 e. The van der Waals surface area contributed by atoms with Crippen LogP contribution in [0.15, 0.2) is 40.8 Å². The molecule has 0 radical (unpaired) electrons. The molecule has 2 heterocycles. The van der Waals surface area contributed by atoms with Crippen molar-refractivity contribution in [1.29, 1.82) is 0 Å². The second kappa shape index (κ2) is 6.68. The Balaban J connectivity index is 1.31. The Bertz CT molecular complexity index is 657. The molecule has 1 aromatic heterocycles. The highest BCUT2D eigenvalue weighted by molar-refractivity contribution is 6.33. The fraction of sp³-hybridized carbons (Fsp3) is 0.474. The highest BCUT2D eigenvalue weighted by Gasteiger charge is 2.31. The third kappa shape index (κ3) is 3.63. The van der Waals surface area contributed by atoms with E-state index < -0.39 is 0 Å². The Hall–Kier alpha value is -1.29. The molecule has 1 saturated heterocycles. The first kappa shape index (κ1) is 15.3. The van der Waals surface area contributed by atoms with Crippen molar-refractivity contribution in [3.63, 3.8) is 0 Å². The van der Waals surface area contributed by atoms with Crippen molar-refractivity contribution in [3.05, 3.63) is 47.2 Å². The van der Waals surface area contributed by atoms with Crippen molar-refractivity contribution >= 4 is 11.6 Å². The summed E-state index contributed by atoms with van der Waals surface area (Å²) in [6.45, 7) is 3.27. The summed E-state index contributed by atoms with van der Waals surface area (Å²) in [6.07, 6.45) is 5.31. The van der Waals surface area contributed by atoms with Gasteiger partial charge in [0.05, 0.1) is 11.6 Å². The zero-order valence-corrected chi connectivity index (χ0v) is 14.1. The number of halogens is 1. The van der Waals surface area contributed by atoms with Crippen molar-refractivity contribution < 1.29 is 4.42 Å². The lowest BCUT2D eigenvalue weighted by Gasteiger charge is -2.32. The molecule has 2 aliphatic rings. The van der Waals surface area contributed by atoms with E-state index in [0.29, 0.717) is 6.04 Å². The minimum atomic E-state index is 0.610. The summed E-state index contributed by atoms with van der Waals surface area (Å²) in [5, 5.41) is 4.37. The number of hydrogen-bond acceptors (Lipinski definition) is 3. The van der Waals surface area contributed by atoms with Crippen LogP contribution in [0, 0.1) is 0 Å². The summed E-state index contributed by atoms with van der Waals surface area (Å²) in [5.74, 6) is 1.82. The molecule has 2 fully saturated rings. The lowest BCUT2D eigenvalue weighted by Crippen LogP contribution is -2.43. The van der Waals surface area contributed by atoms with Crippen molar-refractivity contribution in [2.75, 3.05) is 13.1 Å². The van der Waals surface area contributed by atoms with Gasteiger partial charge in [-0.1, -0.05) is 23.7 Å². The number of likely N-dealkylation sites (tertiary alicyclic amines) is 1. The van der Waals surface area contributed by atoms with Gasteiger partial charge in [-0.05, 0) is 63.0 Å². The zero-order chi connectivity index (χ0) is 15.6. The maximum Gasteiger partial charge on any atom is 0.135 e. The normalized spacial score (nSPS) is 20.0. The first-order chi connectivity index (χ1) is 11.3. The number of piperidine rings is 1. The second-order valence-corrected chi connectivity index (χ2v) is 7.08. The van der Waals surface area contributed by atoms with Crippen LogP contribution in [0.1, 0.15) is 31.4 Å². The first-order valence-electron chi connectivity index (χ1n) is 8.60. The molecule has 2 aromatic rings. The van der Waals surface area contributed by atoms with Gasteiger partial charge in [-0.2, -0.15) is 0 Å². The van der Waals surface area contributed by atoms with Gasteiger partial charge in [0, 0.05) is 17.6 Å². The number of nitrogens with zero attached hydrogens (tertiary/aromatic N) is 1. The molecule has 4 heteroatoms. The van der Waals surface area contributed by atoms with Crippen LogP contribution in [0.4, 0.5) is 0 Å². The van der Waals surface area contributed by atoms with E-state index in [9.17, 15) is 0 Å². The van der Waals surface area contributed by atoms with Crippen LogP contribution >= 0.6 is 11.6 Å². The minimum absolute atomic E-state index is 0.610. The van der Waals surface area contributed by atoms with E-state index in [1.54, 1.807) is 0 Å². The largest absolute Gasteiger partial charge is 0.460 e. The Kier molecular flexibility index (Phi) is 4.43. The summed E-state index contributed by atoms with van der Waals surface area (Å²) >= 11 is 6.23. The van der Waals surface area contributed by atoms with Crippen LogP contribution in [0.25, 0.3) is 11.3 Å². The van der Waals surface area contributed by atoms with Crippen LogP contribution in [-0.4, -0.2) is 30.1 Å². The topological polar surface area (TPSA) is 28.4 Å². The molecule has 3 nitrogen and oxygen atoms in total. The fourth-order valence-electron chi connectivity index (χ4n) is 3.43. The van der Waals surface area contributed by atoms with Gasteiger partial charge in [0.1, 0.15) is 11.5 Å². The molecule has 0 unspecified atom stereocenters. The first-order valence-corrected chi connectivity index (χ1v) is 8.98. The van der Waals surface area contributed by atoms with Crippen molar-refractivity contribution in [1.82, 2.24) is 10.2 Å². The maximum absolute atomic E-state index is 6.23. The summed E-state index contributed by atoms with van der Waals surface area (Å²) in [6, 6.07) is 13.4. The SMILES string of the molecule is Clc1ccccc1-c1ccc(CNC2CCN(C3CC3)CC2)o1. The third-order valence-electron chi connectivity index (χ3n) is 4.96. The van der Waals surface area contributed by atoms with Gasteiger partial charge < -0.3 is 14.6 Å². The van der Waals surface area contributed by atoms with E-state index in [-0.39, 0.29) is 0 Å². The average molecular weight is 331 g/mol. The highest BCUT2D eigenvalue weighted by atomic mass is 35.5. The Morgan fingerprint density at radius 2 is 1.83 bits per heavy atom. The molecule has 0 bridgehead atoms. The monoisotopic (exact) mass is 330 g/mol. The lowest BCUT2D eigenvalue weighted by molar-refractivity contribution is 0.187. The molecular formula is C19H23ClN2O. The van der Waals surface area contributed by atoms with Crippen LogP contribution in [0.3, 0.4) is 0 Å². The highest BCUT2D eigenvalue weighted by Crippen LogP contribution is 2.30. The Morgan fingerprint density at radius 1 is 1.04 bits per heavy atom. The van der Waals surface area contributed by atoms with Gasteiger partial charge in [0.25, 0.3) is 0 Å². The molecule has 1 aromatic carbocycles. The molecule has 1 aliphatic carbocycles. The van der Waals surface area contributed by atoms with Gasteiger partial charge in [-0.3, -0.25) is 0 Å². The van der Waals surface area contributed by atoms with E-state index in [2.05, 4.69) is 10.2 Å². The smallest absolute Gasteiger partial charge is 0.135 e. The molecule has 0 spiro atoms. The quantitative estimate of drug-likeness (QED) is 0.885. The molecule has 23 heavy (non-hydrogen) atoms. The fourth-order valence-corrected chi connectivity index (χ4v) is 3.66. The summed E-state index contributed by atoms with van der Waals surface area (Å²) in [7, 11) is 0. The van der Waals surface area contributed by atoms with Gasteiger partial charge in [-0.25, -0.2) is 0 Å². The predicted octanol–water partition coefficient (Wildman–Crippen LogP) is 4.32. The van der Waals surface area contributed by atoms with E-state index in [4.69, 9.17) is 16.0 Å². The summed E-state index contributed by atoms with van der Waals surface area (Å²) in [4.78, 5) is 2.65. The predicted molar refractivity (Wildman–Crippen MR) is 93.6 cm³/mol. The molecule has 1 saturated carbocycles. The number of rotatable bonds is 5. The van der Waals surface area contributed by atoms with Crippen molar-refractivity contribution in [2.45, 2.75) is 44.3 Å². The van der Waals surface area contributed by atoms with E-state index in [1.807, 2.05) is 36.4 Å². The number of hydrogen-bond donors (Lipinski definition) is 1. The molecule has 0 atom stereocenters. The summed E-state index contributed by atoms with van der Waals surface area (Å²) in [5.41, 5.74) is 0.957. The molecule has 0 amide bonds. The van der Waals surface area contributed by atoms with E-state index in [0.717, 1.165) is 34.7 Å². The van der Waals surface area contributed by atoms with Gasteiger partial charge >= 0.3 is 0 Å². The number of furan rings is 1. The van der Waals surface area contributed by atoms with Crippen LogP contribution in [0.2, 0.25) is 5.02 Å². The number of nitrogens with one attached hydrogen (secondary N) is 1. The molecule has 4 rings (SSSR count). The standard InChI is InChI=1S/C19H23ClN2O/c20-18-4-2-1-3-17(18)19-8-7-16(23-19)13-21-14-9-11-22(12-10-14)15-5-6-15/h1-4,7-8,14-15,21H,5-6,9-13H2. The number of benzene rings is 1. The van der Waals surface area contributed by atoms with Crippen LogP contribution in [-0.2, 0) is 6.54 Å². The molecular weight excluding hydrogens is 308 g/mol. The van der Waals surface area contributed by atoms with Gasteiger partial charge in [-0.15, -0.1) is 0 Å². The average Bonchev–Trinajstić information content (AvgIpc) is 3.33. The van der Waals surface area contributed by atoms with Gasteiger partial charge in [0.15, 0.2) is 0 Å². The third-order valence-corrected chi connectivity index (χ3v) is 5.29. The Labute approximate surface area is 142 Å². The van der Waals surface area contributed by atoms with Gasteiger partial charge in [0.2, 0.25) is 0 Å². The lowest BCUT2D eigenvalue weighted by atomic mass is 10.0. The van der Waals surface area contributed by atoms with Crippen molar-refractivity contribution in [3.8, 4) is 11.3 Å². The van der Waals surface area contributed by atoms with Crippen LogP contribution in [0.5, 0.6) is 0 Å². The molecule has 1 N–H and O–H groups in total. The van der Waals surface area contributed by atoms with E-state index >= 15 is 0 Å². The Morgan fingerprint density at radius 3 is 2.57 bits per heavy atom. The summed E-state index contributed by atoms with van der Waals surface area (Å²) < 4.78 is 5.95. The van der Waals surface area contributed by atoms with Crippen molar-refractivity contribution in [2.24, 2.45) is 0 Å². The van der Waals surface area contributed by atoms with Crippen LogP contribution < -0.4 is 5.32 Å².